The molecule has 1 heterocycles. The third-order valence-corrected chi connectivity index (χ3v) is 4.52. The molecule has 74 valence electrons. The second kappa shape index (κ2) is 3.83. The van der Waals surface area contributed by atoms with Gasteiger partial charge < -0.3 is 0 Å². The molecule has 1 aromatic rings. The van der Waals surface area contributed by atoms with Crippen LogP contribution in [0.1, 0.15) is 22.1 Å². The standard InChI is InChI=1S/C8H8BrClF2S/c1-4-5(9)3-6(13-4)7(10)8(2,11)12/h3,7H,1-2H3. The van der Waals surface area contributed by atoms with Gasteiger partial charge in [0, 0.05) is 21.2 Å². The Bertz CT molecular complexity index is 286. The van der Waals surface area contributed by atoms with Crippen LogP contribution < -0.4 is 0 Å². The molecule has 0 aromatic carbocycles. The van der Waals surface area contributed by atoms with Gasteiger partial charge >= 0.3 is 0 Å². The van der Waals surface area contributed by atoms with Gasteiger partial charge in [0.1, 0.15) is 5.38 Å². The molecule has 0 aliphatic rings. The van der Waals surface area contributed by atoms with Crippen LogP contribution in [0.25, 0.3) is 0 Å². The van der Waals surface area contributed by atoms with Crippen molar-refractivity contribution in [2.45, 2.75) is 25.1 Å². The van der Waals surface area contributed by atoms with Gasteiger partial charge in [-0.3, -0.25) is 0 Å². The van der Waals surface area contributed by atoms with Crippen LogP contribution in [0.3, 0.4) is 0 Å². The van der Waals surface area contributed by atoms with E-state index in [0.29, 0.717) is 4.88 Å². The van der Waals surface area contributed by atoms with E-state index in [-0.39, 0.29) is 0 Å². The Morgan fingerprint density at radius 1 is 1.62 bits per heavy atom. The second-order valence-electron chi connectivity index (χ2n) is 2.87. The number of hydrogen-bond donors (Lipinski definition) is 0. The second-order valence-corrected chi connectivity index (χ2v) is 5.45. The van der Waals surface area contributed by atoms with Crippen molar-refractivity contribution < 1.29 is 8.78 Å². The Morgan fingerprint density at radius 3 is 2.46 bits per heavy atom. The van der Waals surface area contributed by atoms with Gasteiger partial charge in [0.15, 0.2) is 0 Å². The van der Waals surface area contributed by atoms with E-state index in [1.54, 1.807) is 6.07 Å². The third-order valence-electron chi connectivity index (χ3n) is 1.57. The Hall–Kier alpha value is 0.330. The van der Waals surface area contributed by atoms with Crippen molar-refractivity contribution in [1.82, 2.24) is 0 Å². The number of thiophene rings is 1. The Kier molecular flexibility index (Phi) is 3.36. The van der Waals surface area contributed by atoms with Crippen LogP contribution in [0.2, 0.25) is 0 Å². The van der Waals surface area contributed by atoms with Gasteiger partial charge in [-0.25, -0.2) is 8.78 Å². The smallest absolute Gasteiger partial charge is 0.205 e. The van der Waals surface area contributed by atoms with Gasteiger partial charge in [-0.05, 0) is 28.9 Å². The maximum atomic E-state index is 12.8. The van der Waals surface area contributed by atoms with Crippen LogP contribution in [-0.4, -0.2) is 5.92 Å². The van der Waals surface area contributed by atoms with Gasteiger partial charge in [0.2, 0.25) is 0 Å². The third kappa shape index (κ3) is 2.64. The molecule has 1 unspecified atom stereocenters. The fraction of sp³-hybridized carbons (Fsp3) is 0.500. The molecule has 0 bridgehead atoms. The van der Waals surface area contributed by atoms with Crippen LogP contribution in [0, 0.1) is 6.92 Å². The minimum absolute atomic E-state index is 0.499. The highest BCUT2D eigenvalue weighted by atomic mass is 79.9. The Morgan fingerprint density at radius 2 is 2.15 bits per heavy atom. The van der Waals surface area contributed by atoms with Crippen LogP contribution >= 0.6 is 38.9 Å². The lowest BCUT2D eigenvalue weighted by atomic mass is 10.2. The molecule has 1 atom stereocenters. The minimum atomic E-state index is -2.88. The summed E-state index contributed by atoms with van der Waals surface area (Å²) in [5, 5.41) is -1.23. The summed E-state index contributed by atoms with van der Waals surface area (Å²) < 4.78 is 26.4. The summed E-state index contributed by atoms with van der Waals surface area (Å²) in [6.07, 6.45) is 0. The summed E-state index contributed by atoms with van der Waals surface area (Å²) in [5.74, 6) is -2.88. The maximum absolute atomic E-state index is 12.8. The first-order valence-electron chi connectivity index (χ1n) is 3.60. The monoisotopic (exact) mass is 288 g/mol. The summed E-state index contributed by atoms with van der Waals surface area (Å²) in [7, 11) is 0. The van der Waals surface area contributed by atoms with E-state index < -0.39 is 11.3 Å². The first-order valence-corrected chi connectivity index (χ1v) is 5.64. The first kappa shape index (κ1) is 11.4. The molecule has 0 nitrogen and oxygen atoms in total. The Labute approximate surface area is 93.0 Å². The summed E-state index contributed by atoms with van der Waals surface area (Å²) in [6, 6.07) is 1.65. The number of halogens is 4. The SMILES string of the molecule is Cc1sc(C(Cl)C(C)(F)F)cc1Br. The molecule has 5 heteroatoms. The molecule has 0 aliphatic heterocycles. The van der Waals surface area contributed by atoms with Gasteiger partial charge in [-0.2, -0.15) is 0 Å². The molecule has 0 aliphatic carbocycles. The highest BCUT2D eigenvalue weighted by Gasteiger charge is 2.34. The first-order chi connectivity index (χ1) is 5.82. The molecule has 0 N–H and O–H groups in total. The van der Waals surface area contributed by atoms with Gasteiger partial charge in [-0.15, -0.1) is 22.9 Å². The lowest BCUT2D eigenvalue weighted by molar-refractivity contribution is 0.0178. The molecule has 13 heavy (non-hydrogen) atoms. The lowest BCUT2D eigenvalue weighted by Gasteiger charge is -2.15. The van der Waals surface area contributed by atoms with E-state index in [1.807, 2.05) is 6.92 Å². The van der Waals surface area contributed by atoms with Gasteiger partial charge in [0.05, 0.1) is 0 Å². The van der Waals surface area contributed by atoms with Gasteiger partial charge in [-0.1, -0.05) is 0 Å². The average molecular weight is 290 g/mol. The normalized spacial score (nSPS) is 14.6. The van der Waals surface area contributed by atoms with Crippen molar-refractivity contribution >= 4 is 38.9 Å². The van der Waals surface area contributed by atoms with E-state index in [9.17, 15) is 8.78 Å². The summed E-state index contributed by atoms with van der Waals surface area (Å²) in [6.45, 7) is 2.68. The average Bonchev–Trinajstić information content (AvgIpc) is 2.29. The van der Waals surface area contributed by atoms with E-state index in [2.05, 4.69) is 15.9 Å². The van der Waals surface area contributed by atoms with Crippen molar-refractivity contribution in [1.29, 1.82) is 0 Å². The maximum Gasteiger partial charge on any atom is 0.266 e. The molecular formula is C8H8BrClF2S. The summed E-state index contributed by atoms with van der Waals surface area (Å²) in [4.78, 5) is 1.46. The highest BCUT2D eigenvalue weighted by Crippen LogP contribution is 2.41. The van der Waals surface area contributed by atoms with Crippen LogP contribution in [-0.2, 0) is 0 Å². The van der Waals surface area contributed by atoms with Crippen LogP contribution in [0.5, 0.6) is 0 Å². The number of hydrogen-bond acceptors (Lipinski definition) is 1. The number of aryl methyl sites for hydroxylation is 1. The number of rotatable bonds is 2. The zero-order chi connectivity index (χ0) is 10.2. The molecule has 0 saturated heterocycles. The largest absolute Gasteiger partial charge is 0.266 e. The topological polar surface area (TPSA) is 0 Å². The van der Waals surface area contributed by atoms with Crippen molar-refractivity contribution in [3.05, 3.63) is 20.3 Å². The quantitative estimate of drug-likeness (QED) is 0.689. The zero-order valence-corrected chi connectivity index (χ0v) is 10.2. The highest BCUT2D eigenvalue weighted by molar-refractivity contribution is 9.10. The number of alkyl halides is 3. The Balaban J connectivity index is 2.96. The van der Waals surface area contributed by atoms with Crippen molar-refractivity contribution in [3.8, 4) is 0 Å². The van der Waals surface area contributed by atoms with Gasteiger partial charge in [0.25, 0.3) is 5.92 Å². The molecule has 0 radical (unpaired) electrons. The minimum Gasteiger partial charge on any atom is -0.205 e. The van der Waals surface area contributed by atoms with Crippen molar-refractivity contribution in [2.24, 2.45) is 0 Å². The molecule has 0 fully saturated rings. The van der Waals surface area contributed by atoms with Crippen molar-refractivity contribution in [3.63, 3.8) is 0 Å². The van der Waals surface area contributed by atoms with E-state index >= 15 is 0 Å². The molecule has 1 rings (SSSR count). The van der Waals surface area contributed by atoms with Crippen LogP contribution in [0.4, 0.5) is 8.78 Å². The van der Waals surface area contributed by atoms with E-state index in [0.717, 1.165) is 16.3 Å². The molecule has 0 saturated carbocycles. The fourth-order valence-electron chi connectivity index (χ4n) is 0.856. The predicted molar refractivity (Wildman–Crippen MR) is 56.0 cm³/mol. The van der Waals surface area contributed by atoms with Crippen molar-refractivity contribution in [2.75, 3.05) is 0 Å². The lowest BCUT2D eigenvalue weighted by Crippen LogP contribution is -2.16. The zero-order valence-electron chi connectivity index (χ0n) is 7.07. The van der Waals surface area contributed by atoms with E-state index in [1.165, 1.54) is 11.3 Å². The molecular weight excluding hydrogens is 282 g/mol. The van der Waals surface area contributed by atoms with E-state index in [4.69, 9.17) is 11.6 Å². The summed E-state index contributed by atoms with van der Waals surface area (Å²) >= 11 is 10.2. The fourth-order valence-corrected chi connectivity index (χ4v) is 2.69. The molecule has 1 aromatic heterocycles. The molecule has 0 amide bonds. The summed E-state index contributed by atoms with van der Waals surface area (Å²) in [5.41, 5.74) is 0. The van der Waals surface area contributed by atoms with Crippen LogP contribution in [0.15, 0.2) is 10.5 Å². The predicted octanol–water partition coefficient (Wildman–Crippen LogP) is 4.75. The molecule has 0 spiro atoms.